The summed E-state index contributed by atoms with van der Waals surface area (Å²) in [7, 11) is 0. The van der Waals surface area contributed by atoms with Crippen LogP contribution >= 0.6 is 0 Å². The minimum Gasteiger partial charge on any atom is -0.379 e. The van der Waals surface area contributed by atoms with E-state index >= 15 is 0 Å². The lowest BCUT2D eigenvalue weighted by Gasteiger charge is -2.32. The predicted molar refractivity (Wildman–Crippen MR) is 75.1 cm³/mol. The smallest absolute Gasteiger partial charge is 0.219 e. The van der Waals surface area contributed by atoms with Crippen molar-refractivity contribution in [1.82, 2.24) is 15.1 Å². The van der Waals surface area contributed by atoms with Crippen LogP contribution in [-0.2, 0) is 9.53 Å². The third kappa shape index (κ3) is 4.44. The van der Waals surface area contributed by atoms with Crippen molar-refractivity contribution in [3.05, 3.63) is 0 Å². The molecule has 2 unspecified atom stereocenters. The fourth-order valence-electron chi connectivity index (χ4n) is 3.03. The average molecular weight is 269 g/mol. The maximum atomic E-state index is 11.4. The molecule has 2 atom stereocenters. The van der Waals surface area contributed by atoms with Crippen molar-refractivity contribution in [3.8, 4) is 0 Å². The average Bonchev–Trinajstić information content (AvgIpc) is 2.65. The van der Waals surface area contributed by atoms with Crippen molar-refractivity contribution in [2.24, 2.45) is 0 Å². The molecule has 2 saturated heterocycles. The molecule has 2 heterocycles. The molecule has 2 fully saturated rings. The van der Waals surface area contributed by atoms with E-state index in [1.807, 2.05) is 4.90 Å². The van der Waals surface area contributed by atoms with Crippen molar-refractivity contribution >= 4 is 5.91 Å². The van der Waals surface area contributed by atoms with Gasteiger partial charge in [0.15, 0.2) is 0 Å². The van der Waals surface area contributed by atoms with E-state index in [9.17, 15) is 4.79 Å². The summed E-state index contributed by atoms with van der Waals surface area (Å²) in [5.74, 6) is 0.205. The molecule has 1 amide bonds. The summed E-state index contributed by atoms with van der Waals surface area (Å²) in [5, 5.41) is 3.52. The largest absolute Gasteiger partial charge is 0.379 e. The highest BCUT2D eigenvalue weighted by Crippen LogP contribution is 2.12. The van der Waals surface area contributed by atoms with Crippen LogP contribution in [0.15, 0.2) is 0 Å². The number of nitrogens with one attached hydrogen (secondary N) is 1. The van der Waals surface area contributed by atoms with Crippen molar-refractivity contribution < 1.29 is 9.53 Å². The van der Waals surface area contributed by atoms with E-state index in [0.29, 0.717) is 12.1 Å². The molecular formula is C14H27N3O2. The van der Waals surface area contributed by atoms with Gasteiger partial charge < -0.3 is 15.0 Å². The van der Waals surface area contributed by atoms with Gasteiger partial charge in [-0.15, -0.1) is 0 Å². The number of rotatable bonds is 3. The molecule has 0 aromatic rings. The lowest BCUT2D eigenvalue weighted by Crippen LogP contribution is -2.46. The zero-order valence-corrected chi connectivity index (χ0v) is 12.2. The zero-order chi connectivity index (χ0) is 13.7. The highest BCUT2D eigenvalue weighted by molar-refractivity contribution is 5.73. The lowest BCUT2D eigenvalue weighted by atomic mass is 10.1. The molecule has 2 aliphatic rings. The van der Waals surface area contributed by atoms with E-state index in [2.05, 4.69) is 17.1 Å². The second-order valence-electron chi connectivity index (χ2n) is 5.71. The van der Waals surface area contributed by atoms with Gasteiger partial charge in [0.05, 0.1) is 13.2 Å². The normalized spacial score (nSPS) is 27.9. The van der Waals surface area contributed by atoms with Crippen molar-refractivity contribution in [1.29, 1.82) is 0 Å². The number of hydrogen-bond acceptors (Lipinski definition) is 4. The topological polar surface area (TPSA) is 44.8 Å². The Morgan fingerprint density at radius 1 is 1.37 bits per heavy atom. The Bertz CT molecular complexity index is 292. The first-order valence-electron chi connectivity index (χ1n) is 7.47. The number of carbonyl (C=O) groups excluding carboxylic acids is 1. The molecule has 0 saturated carbocycles. The summed E-state index contributed by atoms with van der Waals surface area (Å²) < 4.78 is 5.51. The molecule has 2 rings (SSSR count). The third-order valence-corrected chi connectivity index (χ3v) is 4.22. The molecule has 1 N–H and O–H groups in total. The Labute approximate surface area is 116 Å². The van der Waals surface area contributed by atoms with Crippen LogP contribution in [0.1, 0.15) is 26.7 Å². The lowest BCUT2D eigenvalue weighted by molar-refractivity contribution is -0.128. The van der Waals surface area contributed by atoms with Crippen LogP contribution in [0.3, 0.4) is 0 Å². The number of amides is 1. The number of morpholine rings is 1. The first kappa shape index (κ1) is 14.8. The highest BCUT2D eigenvalue weighted by atomic mass is 16.5. The molecule has 0 aliphatic carbocycles. The maximum absolute atomic E-state index is 11.4. The summed E-state index contributed by atoms with van der Waals surface area (Å²) in [4.78, 5) is 15.9. The fraction of sp³-hybridized carbons (Fsp3) is 0.929. The number of carbonyl (C=O) groups is 1. The van der Waals surface area contributed by atoms with E-state index in [-0.39, 0.29) is 5.91 Å². The summed E-state index contributed by atoms with van der Waals surface area (Å²) in [6.07, 6.45) is 2.21. The Morgan fingerprint density at radius 2 is 2.21 bits per heavy atom. The molecular weight excluding hydrogens is 242 g/mol. The van der Waals surface area contributed by atoms with Crippen LogP contribution in [0, 0.1) is 0 Å². The third-order valence-electron chi connectivity index (χ3n) is 4.22. The van der Waals surface area contributed by atoms with Crippen LogP contribution in [0.25, 0.3) is 0 Å². The van der Waals surface area contributed by atoms with E-state index in [1.54, 1.807) is 6.92 Å². The highest BCUT2D eigenvalue weighted by Gasteiger charge is 2.23. The standard InChI is InChI=1S/C14H27N3O2/c1-12(10-14-11-19-9-4-15-14)16-5-3-6-17(8-7-16)13(2)18/h12,14-15H,3-11H2,1-2H3. The molecule has 5 heteroatoms. The maximum Gasteiger partial charge on any atom is 0.219 e. The van der Waals surface area contributed by atoms with Crippen molar-refractivity contribution in [3.63, 3.8) is 0 Å². The number of ether oxygens (including phenoxy) is 1. The van der Waals surface area contributed by atoms with E-state index < -0.39 is 0 Å². The number of hydrogen-bond donors (Lipinski definition) is 1. The van der Waals surface area contributed by atoms with Gasteiger partial charge >= 0.3 is 0 Å². The second kappa shape index (κ2) is 7.22. The van der Waals surface area contributed by atoms with Crippen LogP contribution < -0.4 is 5.32 Å². The SMILES string of the molecule is CC(=O)N1CCCN(C(C)CC2COCCN2)CC1. The van der Waals surface area contributed by atoms with E-state index in [4.69, 9.17) is 4.74 Å². The monoisotopic (exact) mass is 269 g/mol. The van der Waals surface area contributed by atoms with Crippen LogP contribution in [0.4, 0.5) is 0 Å². The minimum absolute atomic E-state index is 0.205. The van der Waals surface area contributed by atoms with Gasteiger partial charge in [0, 0.05) is 51.7 Å². The van der Waals surface area contributed by atoms with Gasteiger partial charge in [0.2, 0.25) is 5.91 Å². The van der Waals surface area contributed by atoms with Gasteiger partial charge in [0.25, 0.3) is 0 Å². The van der Waals surface area contributed by atoms with Crippen LogP contribution in [0.2, 0.25) is 0 Å². The molecule has 0 aromatic carbocycles. The number of nitrogens with zero attached hydrogens (tertiary/aromatic N) is 2. The van der Waals surface area contributed by atoms with E-state index in [0.717, 1.165) is 58.8 Å². The Hall–Kier alpha value is -0.650. The quantitative estimate of drug-likeness (QED) is 0.801. The van der Waals surface area contributed by atoms with Crippen molar-refractivity contribution in [2.45, 2.75) is 38.8 Å². The van der Waals surface area contributed by atoms with Gasteiger partial charge in [-0.05, 0) is 19.8 Å². The van der Waals surface area contributed by atoms with Gasteiger partial charge in [-0.3, -0.25) is 9.69 Å². The summed E-state index contributed by atoms with van der Waals surface area (Å²) in [5.41, 5.74) is 0. The van der Waals surface area contributed by atoms with Crippen LogP contribution in [0.5, 0.6) is 0 Å². The molecule has 2 aliphatic heterocycles. The Balaban J connectivity index is 1.78. The van der Waals surface area contributed by atoms with Gasteiger partial charge in [0.1, 0.15) is 0 Å². The fourth-order valence-corrected chi connectivity index (χ4v) is 3.03. The molecule has 5 nitrogen and oxygen atoms in total. The Kier molecular flexibility index (Phi) is 5.60. The molecule has 0 bridgehead atoms. The van der Waals surface area contributed by atoms with Crippen molar-refractivity contribution in [2.75, 3.05) is 45.9 Å². The molecule has 110 valence electrons. The molecule has 0 aromatic heterocycles. The van der Waals surface area contributed by atoms with Gasteiger partial charge in [-0.2, -0.15) is 0 Å². The zero-order valence-electron chi connectivity index (χ0n) is 12.2. The van der Waals surface area contributed by atoms with Gasteiger partial charge in [-0.1, -0.05) is 0 Å². The van der Waals surface area contributed by atoms with Crippen LogP contribution in [-0.4, -0.2) is 73.7 Å². The summed E-state index contributed by atoms with van der Waals surface area (Å²) >= 11 is 0. The molecule has 0 spiro atoms. The summed E-state index contributed by atoms with van der Waals surface area (Å²) in [6, 6.07) is 1.03. The second-order valence-corrected chi connectivity index (χ2v) is 5.71. The predicted octanol–water partition coefficient (Wildman–Crippen LogP) is 0.308. The summed E-state index contributed by atoms with van der Waals surface area (Å²) in [6.45, 7) is 10.5. The van der Waals surface area contributed by atoms with Gasteiger partial charge in [-0.25, -0.2) is 0 Å². The first-order valence-corrected chi connectivity index (χ1v) is 7.47. The first-order chi connectivity index (χ1) is 9.16. The molecule has 0 radical (unpaired) electrons. The molecule has 19 heavy (non-hydrogen) atoms. The Morgan fingerprint density at radius 3 is 2.89 bits per heavy atom. The minimum atomic E-state index is 0.205. The van der Waals surface area contributed by atoms with E-state index in [1.165, 1.54) is 0 Å².